The second-order valence-corrected chi connectivity index (χ2v) is 6.01. The summed E-state index contributed by atoms with van der Waals surface area (Å²) in [6.07, 6.45) is 0. The molecule has 23 heavy (non-hydrogen) atoms. The molecule has 0 radical (unpaired) electrons. The highest BCUT2D eigenvalue weighted by Crippen LogP contribution is 2.26. The van der Waals surface area contributed by atoms with E-state index in [1.165, 1.54) is 0 Å². The van der Waals surface area contributed by atoms with Crippen molar-refractivity contribution in [3.05, 3.63) is 68.2 Å². The third kappa shape index (κ3) is 4.77. The Bertz CT molecular complexity index is 691. The summed E-state index contributed by atoms with van der Waals surface area (Å²) in [4.78, 5) is 10.6. The van der Waals surface area contributed by atoms with Crippen molar-refractivity contribution in [2.45, 2.75) is 26.4 Å². The van der Waals surface area contributed by atoms with Gasteiger partial charge in [0.05, 0.1) is 16.0 Å². The van der Waals surface area contributed by atoms with E-state index in [0.717, 1.165) is 16.9 Å². The molecule has 2 aromatic rings. The lowest BCUT2D eigenvalue weighted by molar-refractivity contribution is -0.385. The zero-order valence-corrected chi connectivity index (χ0v) is 14.7. The summed E-state index contributed by atoms with van der Waals surface area (Å²) in [5.41, 5.74) is 2.06. The van der Waals surface area contributed by atoms with Crippen LogP contribution in [0.15, 0.2) is 46.9 Å². The number of nitro benzene ring substituents is 1. The number of hydrogen-bond donors (Lipinski definition) is 1. The Kier molecular flexibility index (Phi) is 6.12. The van der Waals surface area contributed by atoms with Gasteiger partial charge in [0.25, 0.3) is 5.69 Å². The molecule has 0 saturated heterocycles. The molecule has 0 fully saturated rings. The SMILES string of the molecule is CCOc1cccc(C(C)NCc2ccc(Br)c([N+](=O)[O-])c2)c1. The van der Waals surface area contributed by atoms with E-state index in [0.29, 0.717) is 17.6 Å². The fourth-order valence-electron chi connectivity index (χ4n) is 2.24. The van der Waals surface area contributed by atoms with Crippen molar-refractivity contribution >= 4 is 21.6 Å². The number of halogens is 1. The minimum Gasteiger partial charge on any atom is -0.494 e. The maximum absolute atomic E-state index is 11.0. The van der Waals surface area contributed by atoms with Crippen LogP contribution in [0.3, 0.4) is 0 Å². The fraction of sp³-hybridized carbons (Fsp3) is 0.294. The molecule has 0 bridgehead atoms. The summed E-state index contributed by atoms with van der Waals surface area (Å²) in [6, 6.07) is 13.2. The van der Waals surface area contributed by atoms with Gasteiger partial charge >= 0.3 is 0 Å². The van der Waals surface area contributed by atoms with Gasteiger partial charge < -0.3 is 10.1 Å². The zero-order chi connectivity index (χ0) is 16.8. The van der Waals surface area contributed by atoms with Crippen molar-refractivity contribution in [3.63, 3.8) is 0 Å². The summed E-state index contributed by atoms with van der Waals surface area (Å²) < 4.78 is 6.00. The Labute approximate surface area is 143 Å². The van der Waals surface area contributed by atoms with E-state index in [2.05, 4.69) is 28.2 Å². The standard InChI is InChI=1S/C17H19BrN2O3/c1-3-23-15-6-4-5-14(10-15)12(2)19-11-13-7-8-16(18)17(9-13)20(21)22/h4-10,12,19H,3,11H2,1-2H3. The molecule has 122 valence electrons. The number of hydrogen-bond acceptors (Lipinski definition) is 4. The van der Waals surface area contributed by atoms with Crippen molar-refractivity contribution in [3.8, 4) is 5.75 Å². The first-order valence-electron chi connectivity index (χ1n) is 7.40. The van der Waals surface area contributed by atoms with Crippen LogP contribution in [-0.4, -0.2) is 11.5 Å². The van der Waals surface area contributed by atoms with Crippen LogP contribution >= 0.6 is 15.9 Å². The molecule has 2 rings (SSSR count). The second-order valence-electron chi connectivity index (χ2n) is 5.15. The quantitative estimate of drug-likeness (QED) is 0.564. The Hall–Kier alpha value is -1.92. The number of rotatable bonds is 7. The highest BCUT2D eigenvalue weighted by molar-refractivity contribution is 9.10. The van der Waals surface area contributed by atoms with Crippen molar-refractivity contribution in [2.24, 2.45) is 0 Å². The summed E-state index contributed by atoms with van der Waals surface area (Å²) in [5.74, 6) is 0.845. The first kappa shape index (κ1) is 17.4. The van der Waals surface area contributed by atoms with Crippen molar-refractivity contribution in [1.29, 1.82) is 0 Å². The maximum atomic E-state index is 11.0. The van der Waals surface area contributed by atoms with Crippen LogP contribution in [0.5, 0.6) is 5.75 Å². The third-order valence-electron chi connectivity index (χ3n) is 3.49. The van der Waals surface area contributed by atoms with Gasteiger partial charge in [-0.2, -0.15) is 0 Å². The first-order chi connectivity index (χ1) is 11.0. The van der Waals surface area contributed by atoms with Gasteiger partial charge in [-0.15, -0.1) is 0 Å². The molecule has 2 aromatic carbocycles. The van der Waals surface area contributed by atoms with E-state index in [1.54, 1.807) is 12.1 Å². The van der Waals surface area contributed by atoms with E-state index in [-0.39, 0.29) is 16.7 Å². The molecule has 0 aliphatic carbocycles. The van der Waals surface area contributed by atoms with Crippen molar-refractivity contribution in [1.82, 2.24) is 5.32 Å². The van der Waals surface area contributed by atoms with E-state index in [9.17, 15) is 10.1 Å². The van der Waals surface area contributed by atoms with Crippen molar-refractivity contribution < 1.29 is 9.66 Å². The maximum Gasteiger partial charge on any atom is 0.283 e. The Balaban J connectivity index is 2.04. The van der Waals surface area contributed by atoms with Crippen LogP contribution in [0.4, 0.5) is 5.69 Å². The summed E-state index contributed by atoms with van der Waals surface area (Å²) in [5, 5.41) is 14.4. The predicted molar refractivity (Wildman–Crippen MR) is 93.7 cm³/mol. The van der Waals surface area contributed by atoms with Crippen LogP contribution in [0.2, 0.25) is 0 Å². The van der Waals surface area contributed by atoms with Gasteiger partial charge in [0, 0.05) is 18.7 Å². The molecule has 5 nitrogen and oxygen atoms in total. The first-order valence-corrected chi connectivity index (χ1v) is 8.19. The molecule has 1 N–H and O–H groups in total. The Morgan fingerprint density at radius 1 is 1.30 bits per heavy atom. The largest absolute Gasteiger partial charge is 0.494 e. The Morgan fingerprint density at radius 3 is 2.78 bits per heavy atom. The summed E-state index contributed by atoms with van der Waals surface area (Å²) in [6.45, 7) is 5.19. The lowest BCUT2D eigenvalue weighted by atomic mass is 10.1. The van der Waals surface area contributed by atoms with Crippen molar-refractivity contribution in [2.75, 3.05) is 6.61 Å². The smallest absolute Gasteiger partial charge is 0.283 e. The molecule has 0 saturated carbocycles. The highest BCUT2D eigenvalue weighted by Gasteiger charge is 2.13. The average Bonchev–Trinajstić information content (AvgIpc) is 2.54. The van der Waals surface area contributed by atoms with Crippen LogP contribution in [0.1, 0.15) is 31.0 Å². The lowest BCUT2D eigenvalue weighted by Gasteiger charge is -2.15. The average molecular weight is 379 g/mol. The number of nitrogens with one attached hydrogen (secondary N) is 1. The molecule has 0 amide bonds. The van der Waals surface area contributed by atoms with Gasteiger partial charge in [0.1, 0.15) is 5.75 Å². The Morgan fingerprint density at radius 2 is 2.09 bits per heavy atom. The molecule has 6 heteroatoms. The van der Waals surface area contributed by atoms with Crippen LogP contribution in [0, 0.1) is 10.1 Å². The molecule has 0 aliphatic rings. The van der Waals surface area contributed by atoms with Gasteiger partial charge in [-0.1, -0.05) is 18.2 Å². The molecule has 0 aromatic heterocycles. The van der Waals surface area contributed by atoms with Gasteiger partial charge in [-0.05, 0) is 59.1 Å². The second kappa shape index (κ2) is 8.08. The number of benzene rings is 2. The summed E-state index contributed by atoms with van der Waals surface area (Å²) in [7, 11) is 0. The number of ether oxygens (including phenoxy) is 1. The highest BCUT2D eigenvalue weighted by atomic mass is 79.9. The molecular weight excluding hydrogens is 360 g/mol. The third-order valence-corrected chi connectivity index (χ3v) is 4.16. The molecule has 1 unspecified atom stereocenters. The van der Waals surface area contributed by atoms with E-state index in [4.69, 9.17) is 4.74 Å². The monoisotopic (exact) mass is 378 g/mol. The van der Waals surface area contributed by atoms with Gasteiger partial charge in [-0.3, -0.25) is 10.1 Å². The zero-order valence-electron chi connectivity index (χ0n) is 13.1. The van der Waals surface area contributed by atoms with E-state index >= 15 is 0 Å². The van der Waals surface area contributed by atoms with Gasteiger partial charge in [0.2, 0.25) is 0 Å². The molecule has 0 aliphatic heterocycles. The topological polar surface area (TPSA) is 64.4 Å². The van der Waals surface area contributed by atoms with Crippen LogP contribution in [0.25, 0.3) is 0 Å². The number of nitro groups is 1. The molecular formula is C17H19BrN2O3. The minimum atomic E-state index is -0.386. The molecule has 0 heterocycles. The molecule has 0 spiro atoms. The molecule has 1 atom stereocenters. The number of nitrogens with zero attached hydrogens (tertiary/aromatic N) is 1. The normalized spacial score (nSPS) is 12.0. The lowest BCUT2D eigenvalue weighted by Crippen LogP contribution is -2.18. The minimum absolute atomic E-state index is 0.0790. The van der Waals surface area contributed by atoms with Crippen LogP contribution < -0.4 is 10.1 Å². The van der Waals surface area contributed by atoms with Gasteiger partial charge in [-0.25, -0.2) is 0 Å². The predicted octanol–water partition coefficient (Wildman–Crippen LogP) is 4.61. The summed E-state index contributed by atoms with van der Waals surface area (Å²) >= 11 is 3.19. The van der Waals surface area contributed by atoms with E-state index < -0.39 is 0 Å². The van der Waals surface area contributed by atoms with E-state index in [1.807, 2.05) is 37.3 Å². The van der Waals surface area contributed by atoms with Crippen LogP contribution in [-0.2, 0) is 6.54 Å². The fourth-order valence-corrected chi connectivity index (χ4v) is 2.63. The van der Waals surface area contributed by atoms with Gasteiger partial charge in [0.15, 0.2) is 0 Å².